The highest BCUT2D eigenvalue weighted by Crippen LogP contribution is 2.25. The van der Waals surface area contributed by atoms with Crippen molar-refractivity contribution in [2.45, 2.75) is 64.3 Å². The van der Waals surface area contributed by atoms with Crippen LogP contribution in [0.5, 0.6) is 0 Å². The van der Waals surface area contributed by atoms with Crippen LogP contribution in [0.1, 0.15) is 66.9 Å². The van der Waals surface area contributed by atoms with Crippen LogP contribution in [0.25, 0.3) is 0 Å². The molecule has 21 heavy (non-hydrogen) atoms. The fourth-order valence-electron chi connectivity index (χ4n) is 3.97. The second-order valence-electron chi connectivity index (χ2n) is 6.62. The molecule has 2 aliphatic rings. The zero-order valence-corrected chi connectivity index (χ0v) is 13.2. The van der Waals surface area contributed by atoms with Crippen LogP contribution in [-0.2, 0) is 12.8 Å². The normalized spacial score (nSPS) is 19.0. The zero-order valence-electron chi connectivity index (χ0n) is 13.2. The maximum Gasteiger partial charge on any atom is 0.176 e. The topological polar surface area (TPSA) is 20.3 Å². The summed E-state index contributed by atoms with van der Waals surface area (Å²) in [6.07, 6.45) is 10.1. The van der Waals surface area contributed by atoms with Gasteiger partial charge in [-0.15, -0.1) is 0 Å². The number of nitrogens with zero attached hydrogens (tertiary/aromatic N) is 1. The molecule has 0 atom stereocenters. The number of likely N-dealkylation sites (N-methyl/N-ethyl adjacent to an activating group) is 1. The van der Waals surface area contributed by atoms with Crippen molar-refractivity contribution in [3.05, 3.63) is 34.9 Å². The van der Waals surface area contributed by atoms with Crippen molar-refractivity contribution in [1.82, 2.24) is 4.90 Å². The fourth-order valence-corrected chi connectivity index (χ4v) is 3.97. The molecular weight excluding hydrogens is 258 g/mol. The highest BCUT2D eigenvalue weighted by Gasteiger charge is 2.22. The van der Waals surface area contributed by atoms with Gasteiger partial charge in [-0.05, 0) is 55.8 Å². The first kappa shape index (κ1) is 14.8. The van der Waals surface area contributed by atoms with Gasteiger partial charge in [-0.3, -0.25) is 9.69 Å². The lowest BCUT2D eigenvalue weighted by Crippen LogP contribution is -2.40. The lowest BCUT2D eigenvalue weighted by atomic mass is 9.93. The molecule has 0 aromatic heterocycles. The monoisotopic (exact) mass is 285 g/mol. The molecule has 1 aromatic rings. The van der Waals surface area contributed by atoms with E-state index in [1.54, 1.807) is 0 Å². The summed E-state index contributed by atoms with van der Waals surface area (Å²) in [5.74, 6) is 0.303. The third kappa shape index (κ3) is 3.37. The first-order valence-corrected chi connectivity index (χ1v) is 8.67. The smallest absolute Gasteiger partial charge is 0.176 e. The van der Waals surface area contributed by atoms with E-state index in [0.717, 1.165) is 18.5 Å². The van der Waals surface area contributed by atoms with Gasteiger partial charge in [-0.25, -0.2) is 0 Å². The third-order valence-electron chi connectivity index (χ3n) is 5.26. The molecule has 2 aliphatic carbocycles. The van der Waals surface area contributed by atoms with Crippen LogP contribution in [0, 0.1) is 0 Å². The summed E-state index contributed by atoms with van der Waals surface area (Å²) in [5, 5.41) is 0. The molecule has 1 aromatic carbocycles. The predicted molar refractivity (Wildman–Crippen MR) is 86.9 cm³/mol. The van der Waals surface area contributed by atoms with Crippen molar-refractivity contribution in [3.63, 3.8) is 0 Å². The van der Waals surface area contributed by atoms with Gasteiger partial charge in [0, 0.05) is 11.6 Å². The zero-order chi connectivity index (χ0) is 14.7. The van der Waals surface area contributed by atoms with Crippen molar-refractivity contribution >= 4 is 5.78 Å². The van der Waals surface area contributed by atoms with E-state index in [2.05, 4.69) is 24.0 Å². The molecule has 0 amide bonds. The van der Waals surface area contributed by atoms with Gasteiger partial charge >= 0.3 is 0 Å². The molecule has 114 valence electrons. The van der Waals surface area contributed by atoms with Crippen molar-refractivity contribution in [2.75, 3.05) is 13.1 Å². The maximum atomic E-state index is 12.6. The minimum Gasteiger partial charge on any atom is -0.293 e. The second-order valence-corrected chi connectivity index (χ2v) is 6.62. The minimum absolute atomic E-state index is 0.303. The summed E-state index contributed by atoms with van der Waals surface area (Å²) >= 11 is 0. The Morgan fingerprint density at radius 2 is 1.86 bits per heavy atom. The van der Waals surface area contributed by atoms with Gasteiger partial charge in [-0.2, -0.15) is 0 Å². The SMILES string of the molecule is CCN(CC(=O)c1ccc2c(c1)CCC2)C1CCCCC1. The molecule has 2 nitrogen and oxygen atoms in total. The Labute approximate surface area is 128 Å². The van der Waals surface area contributed by atoms with E-state index in [4.69, 9.17) is 0 Å². The first-order valence-electron chi connectivity index (χ1n) is 8.67. The molecule has 2 heteroatoms. The molecule has 0 heterocycles. The molecule has 0 saturated heterocycles. The second kappa shape index (κ2) is 6.74. The number of benzene rings is 1. The highest BCUT2D eigenvalue weighted by molar-refractivity contribution is 5.97. The molecule has 0 bridgehead atoms. The lowest BCUT2D eigenvalue weighted by molar-refractivity contribution is 0.0868. The summed E-state index contributed by atoms with van der Waals surface area (Å²) < 4.78 is 0. The Kier molecular flexibility index (Phi) is 4.74. The quantitative estimate of drug-likeness (QED) is 0.762. The van der Waals surface area contributed by atoms with Gasteiger partial charge in [0.2, 0.25) is 0 Å². The average molecular weight is 285 g/mol. The molecule has 1 fully saturated rings. The van der Waals surface area contributed by atoms with E-state index in [1.165, 1.54) is 56.1 Å². The summed E-state index contributed by atoms with van der Waals surface area (Å²) in [5.41, 5.74) is 3.78. The maximum absolute atomic E-state index is 12.6. The molecule has 3 rings (SSSR count). The summed E-state index contributed by atoms with van der Waals surface area (Å²) in [7, 11) is 0. The van der Waals surface area contributed by atoms with Crippen LogP contribution in [0.2, 0.25) is 0 Å². The Bertz CT molecular complexity index is 502. The number of Topliss-reactive ketones (excluding diaryl/α,β-unsaturated/α-hetero) is 1. The number of carbonyl (C=O) groups excluding carboxylic acids is 1. The lowest BCUT2D eigenvalue weighted by Gasteiger charge is -2.33. The number of aryl methyl sites for hydroxylation is 2. The standard InChI is InChI=1S/C19H27NO/c1-2-20(18-9-4-3-5-10-18)14-19(21)17-12-11-15-7-6-8-16(15)13-17/h11-13,18H,2-10,14H2,1H3. The van der Waals surface area contributed by atoms with E-state index >= 15 is 0 Å². The van der Waals surface area contributed by atoms with Crippen molar-refractivity contribution in [2.24, 2.45) is 0 Å². The number of rotatable bonds is 5. The van der Waals surface area contributed by atoms with Crippen LogP contribution >= 0.6 is 0 Å². The molecule has 1 saturated carbocycles. The molecule has 0 N–H and O–H groups in total. The summed E-state index contributed by atoms with van der Waals surface area (Å²) in [6, 6.07) is 7.00. The minimum atomic E-state index is 0.303. The average Bonchev–Trinajstić information content (AvgIpc) is 3.00. The number of carbonyl (C=O) groups is 1. The molecule has 0 spiro atoms. The molecule has 0 unspecified atom stereocenters. The highest BCUT2D eigenvalue weighted by atomic mass is 16.1. The molecular formula is C19H27NO. The van der Waals surface area contributed by atoms with Gasteiger partial charge < -0.3 is 0 Å². The van der Waals surface area contributed by atoms with Crippen molar-refractivity contribution in [1.29, 1.82) is 0 Å². The first-order chi connectivity index (χ1) is 10.3. The Hall–Kier alpha value is -1.15. The van der Waals surface area contributed by atoms with E-state index < -0.39 is 0 Å². The van der Waals surface area contributed by atoms with E-state index in [0.29, 0.717) is 18.4 Å². The van der Waals surface area contributed by atoms with Crippen LogP contribution in [0.15, 0.2) is 18.2 Å². The number of ketones is 1. The van der Waals surface area contributed by atoms with Gasteiger partial charge in [0.05, 0.1) is 6.54 Å². The Morgan fingerprint density at radius 3 is 2.62 bits per heavy atom. The third-order valence-corrected chi connectivity index (χ3v) is 5.26. The largest absolute Gasteiger partial charge is 0.293 e. The Morgan fingerprint density at radius 1 is 1.10 bits per heavy atom. The van der Waals surface area contributed by atoms with Crippen LogP contribution < -0.4 is 0 Å². The predicted octanol–water partition coefficient (Wildman–Crippen LogP) is 4.01. The van der Waals surface area contributed by atoms with Crippen LogP contribution in [-0.4, -0.2) is 29.8 Å². The molecule has 0 radical (unpaired) electrons. The van der Waals surface area contributed by atoms with Gasteiger partial charge in [0.1, 0.15) is 0 Å². The Balaban J connectivity index is 1.66. The van der Waals surface area contributed by atoms with E-state index in [-0.39, 0.29) is 0 Å². The molecule has 0 aliphatic heterocycles. The van der Waals surface area contributed by atoms with E-state index in [1.807, 2.05) is 6.07 Å². The number of hydrogen-bond acceptors (Lipinski definition) is 2. The van der Waals surface area contributed by atoms with E-state index in [9.17, 15) is 4.79 Å². The number of hydrogen-bond donors (Lipinski definition) is 0. The summed E-state index contributed by atoms with van der Waals surface area (Å²) in [4.78, 5) is 15.0. The fraction of sp³-hybridized carbons (Fsp3) is 0.632. The van der Waals surface area contributed by atoms with Gasteiger partial charge in [-0.1, -0.05) is 38.3 Å². The van der Waals surface area contributed by atoms with Crippen molar-refractivity contribution in [3.8, 4) is 0 Å². The van der Waals surface area contributed by atoms with Crippen LogP contribution in [0.3, 0.4) is 0 Å². The van der Waals surface area contributed by atoms with Gasteiger partial charge in [0.15, 0.2) is 5.78 Å². The number of fused-ring (bicyclic) bond motifs is 1. The van der Waals surface area contributed by atoms with Gasteiger partial charge in [0.25, 0.3) is 0 Å². The van der Waals surface area contributed by atoms with Crippen LogP contribution in [0.4, 0.5) is 0 Å². The van der Waals surface area contributed by atoms with Crippen molar-refractivity contribution < 1.29 is 4.79 Å². The summed E-state index contributed by atoms with van der Waals surface area (Å²) in [6.45, 7) is 3.77.